The lowest BCUT2D eigenvalue weighted by Gasteiger charge is -2.11. The van der Waals surface area contributed by atoms with Crippen LogP contribution in [-0.4, -0.2) is 31.3 Å². The molecule has 0 aliphatic rings. The smallest absolute Gasteiger partial charge is 0.345 e. The zero-order valence-corrected chi connectivity index (χ0v) is 19.8. The quantitative estimate of drug-likeness (QED) is 0.195. The summed E-state index contributed by atoms with van der Waals surface area (Å²) in [5.41, 5.74) is 1.75. The second-order valence-electron chi connectivity index (χ2n) is 7.20. The highest BCUT2D eigenvalue weighted by Gasteiger charge is 2.15. The Kier molecular flexibility index (Phi) is 7.24. The minimum absolute atomic E-state index is 0.243. The fourth-order valence-corrected chi connectivity index (χ4v) is 4.09. The van der Waals surface area contributed by atoms with E-state index in [1.54, 1.807) is 54.8 Å². The number of fused-ring (bicyclic) bond motifs is 1. The van der Waals surface area contributed by atoms with Gasteiger partial charge in [-0.15, -0.1) is 11.3 Å². The number of carbonyl (C=O) groups is 1. The van der Waals surface area contributed by atoms with Crippen molar-refractivity contribution >= 4 is 39.9 Å². The third-order valence-electron chi connectivity index (χ3n) is 4.92. The van der Waals surface area contributed by atoms with Crippen LogP contribution < -0.4 is 15.1 Å². The van der Waals surface area contributed by atoms with Crippen LogP contribution in [0.1, 0.15) is 17.5 Å². The molecule has 0 unspecified atom stereocenters. The summed E-state index contributed by atoms with van der Waals surface area (Å²) in [4.78, 5) is 28.5. The van der Waals surface area contributed by atoms with Crippen molar-refractivity contribution < 1.29 is 23.4 Å². The minimum Gasteiger partial charge on any atom is -0.493 e. The highest BCUT2D eigenvalue weighted by atomic mass is 32.1. The highest BCUT2D eigenvalue weighted by Crippen LogP contribution is 2.31. The second kappa shape index (κ2) is 10.7. The SMILES string of the molecule is CCOC(=O)COc1ccc(/C=C(\C#N)c2nc(-c3cc4ccccc4oc3=O)cs2)cc1OC. The Labute approximate surface area is 204 Å². The molecule has 0 aliphatic heterocycles. The third-order valence-corrected chi connectivity index (χ3v) is 5.80. The first kappa shape index (κ1) is 23.7. The van der Waals surface area contributed by atoms with Gasteiger partial charge in [-0.25, -0.2) is 14.6 Å². The summed E-state index contributed by atoms with van der Waals surface area (Å²) in [6.07, 6.45) is 1.66. The van der Waals surface area contributed by atoms with Gasteiger partial charge in [0.05, 0.1) is 30.5 Å². The number of hydrogen-bond donors (Lipinski definition) is 0. The van der Waals surface area contributed by atoms with E-state index in [4.69, 9.17) is 18.6 Å². The summed E-state index contributed by atoms with van der Waals surface area (Å²) in [6, 6.07) is 16.2. The largest absolute Gasteiger partial charge is 0.493 e. The summed E-state index contributed by atoms with van der Waals surface area (Å²) < 4.78 is 21.1. The molecule has 176 valence electrons. The molecule has 2 aromatic heterocycles. The number of allylic oxidation sites excluding steroid dienone is 1. The topological polar surface area (TPSA) is 112 Å². The standard InChI is InChI=1S/C26H20N2O6S/c1-3-32-24(29)14-33-22-9-8-16(11-23(22)31-2)10-18(13-27)25-28-20(15-35-25)19-12-17-6-4-5-7-21(17)34-26(19)30/h4-12,15H,3,14H2,1-2H3/b18-10+. The number of hydrogen-bond acceptors (Lipinski definition) is 9. The van der Waals surface area contributed by atoms with Gasteiger partial charge in [0, 0.05) is 10.8 Å². The number of nitriles is 1. The lowest BCUT2D eigenvalue weighted by molar-refractivity contribution is -0.145. The Balaban J connectivity index is 1.60. The number of ether oxygens (including phenoxy) is 3. The molecular formula is C26H20N2O6S. The Bertz CT molecular complexity index is 1510. The van der Waals surface area contributed by atoms with Gasteiger partial charge in [0.25, 0.3) is 0 Å². The van der Waals surface area contributed by atoms with Crippen LogP contribution in [0.25, 0.3) is 33.9 Å². The van der Waals surface area contributed by atoms with Gasteiger partial charge in [-0.2, -0.15) is 5.26 Å². The molecule has 0 bridgehead atoms. The molecule has 0 N–H and O–H groups in total. The van der Waals surface area contributed by atoms with Crippen LogP contribution in [0.15, 0.2) is 63.1 Å². The minimum atomic E-state index is -0.494. The van der Waals surface area contributed by atoms with E-state index in [0.29, 0.717) is 44.5 Å². The fraction of sp³-hybridized carbons (Fsp3) is 0.154. The van der Waals surface area contributed by atoms with Crippen LogP contribution in [0.3, 0.4) is 0 Å². The van der Waals surface area contributed by atoms with E-state index in [1.165, 1.54) is 18.4 Å². The van der Waals surface area contributed by atoms with Crippen LogP contribution in [0.5, 0.6) is 11.5 Å². The zero-order chi connectivity index (χ0) is 24.8. The van der Waals surface area contributed by atoms with E-state index in [1.807, 2.05) is 12.1 Å². The van der Waals surface area contributed by atoms with E-state index in [0.717, 1.165) is 5.39 Å². The molecule has 0 aliphatic carbocycles. The van der Waals surface area contributed by atoms with E-state index < -0.39 is 11.6 Å². The normalized spacial score (nSPS) is 11.2. The van der Waals surface area contributed by atoms with Gasteiger partial charge in [0.1, 0.15) is 16.7 Å². The first-order chi connectivity index (χ1) is 17.0. The molecule has 9 heteroatoms. The van der Waals surface area contributed by atoms with Crippen molar-refractivity contribution in [3.05, 3.63) is 74.9 Å². The summed E-state index contributed by atoms with van der Waals surface area (Å²) in [7, 11) is 1.48. The molecule has 2 aromatic carbocycles. The Hall–Kier alpha value is -4.42. The lowest BCUT2D eigenvalue weighted by Crippen LogP contribution is -2.14. The van der Waals surface area contributed by atoms with Gasteiger partial charge in [-0.3, -0.25) is 0 Å². The number of carbonyl (C=O) groups excluding carboxylic acids is 1. The molecule has 2 heterocycles. The van der Waals surface area contributed by atoms with Gasteiger partial charge < -0.3 is 18.6 Å². The van der Waals surface area contributed by atoms with Crippen LogP contribution >= 0.6 is 11.3 Å². The van der Waals surface area contributed by atoms with Crippen molar-refractivity contribution in [2.24, 2.45) is 0 Å². The van der Waals surface area contributed by atoms with Gasteiger partial charge >= 0.3 is 11.6 Å². The average molecular weight is 489 g/mol. The van der Waals surface area contributed by atoms with Crippen molar-refractivity contribution in [1.82, 2.24) is 4.98 Å². The molecular weight excluding hydrogens is 468 g/mol. The molecule has 35 heavy (non-hydrogen) atoms. The van der Waals surface area contributed by atoms with Crippen molar-refractivity contribution in [3.8, 4) is 28.8 Å². The van der Waals surface area contributed by atoms with Crippen LogP contribution in [0.4, 0.5) is 0 Å². The summed E-state index contributed by atoms with van der Waals surface area (Å²) in [5.74, 6) is 0.287. The first-order valence-corrected chi connectivity index (χ1v) is 11.5. The molecule has 0 fully saturated rings. The van der Waals surface area contributed by atoms with Crippen LogP contribution in [0, 0.1) is 11.3 Å². The summed E-state index contributed by atoms with van der Waals surface area (Å²) in [5, 5.41) is 12.7. The molecule has 0 spiro atoms. The number of benzene rings is 2. The first-order valence-electron chi connectivity index (χ1n) is 10.6. The maximum Gasteiger partial charge on any atom is 0.345 e. The van der Waals surface area contributed by atoms with Crippen molar-refractivity contribution in [2.75, 3.05) is 20.3 Å². The molecule has 0 radical (unpaired) electrons. The third kappa shape index (κ3) is 5.39. The Morgan fingerprint density at radius 2 is 2.03 bits per heavy atom. The fourth-order valence-electron chi connectivity index (χ4n) is 3.30. The predicted octanol–water partition coefficient (Wildman–Crippen LogP) is 4.93. The molecule has 8 nitrogen and oxygen atoms in total. The lowest BCUT2D eigenvalue weighted by atomic mass is 10.1. The van der Waals surface area contributed by atoms with Gasteiger partial charge in [-0.1, -0.05) is 24.3 Å². The number of methoxy groups -OCH3 is 1. The molecule has 0 saturated heterocycles. The van der Waals surface area contributed by atoms with Crippen molar-refractivity contribution in [3.63, 3.8) is 0 Å². The molecule has 0 saturated carbocycles. The van der Waals surface area contributed by atoms with E-state index in [2.05, 4.69) is 11.1 Å². The molecule has 4 rings (SSSR count). The van der Waals surface area contributed by atoms with E-state index in [9.17, 15) is 14.9 Å². The summed E-state index contributed by atoms with van der Waals surface area (Å²) >= 11 is 1.25. The van der Waals surface area contributed by atoms with Crippen LogP contribution in [-0.2, 0) is 9.53 Å². The molecule has 4 aromatic rings. The number of para-hydroxylation sites is 1. The number of esters is 1. The van der Waals surface area contributed by atoms with E-state index in [-0.39, 0.29) is 13.2 Å². The van der Waals surface area contributed by atoms with Crippen LogP contribution in [0.2, 0.25) is 0 Å². The second-order valence-corrected chi connectivity index (χ2v) is 8.06. The number of rotatable bonds is 8. The highest BCUT2D eigenvalue weighted by molar-refractivity contribution is 7.11. The average Bonchev–Trinajstić information content (AvgIpc) is 3.35. The Morgan fingerprint density at radius 3 is 2.80 bits per heavy atom. The predicted molar refractivity (Wildman–Crippen MR) is 132 cm³/mol. The number of nitrogens with zero attached hydrogens (tertiary/aromatic N) is 2. The maximum absolute atomic E-state index is 12.5. The van der Waals surface area contributed by atoms with Crippen molar-refractivity contribution in [1.29, 1.82) is 5.26 Å². The van der Waals surface area contributed by atoms with Gasteiger partial charge in [-0.05, 0) is 42.8 Å². The monoisotopic (exact) mass is 488 g/mol. The van der Waals surface area contributed by atoms with Crippen molar-refractivity contribution in [2.45, 2.75) is 6.92 Å². The maximum atomic E-state index is 12.5. The number of thiazole rings is 1. The number of aromatic nitrogens is 1. The van der Waals surface area contributed by atoms with Gasteiger partial charge in [0.15, 0.2) is 18.1 Å². The van der Waals surface area contributed by atoms with Gasteiger partial charge in [0.2, 0.25) is 0 Å². The zero-order valence-electron chi connectivity index (χ0n) is 18.9. The Morgan fingerprint density at radius 1 is 1.20 bits per heavy atom. The summed E-state index contributed by atoms with van der Waals surface area (Å²) in [6.45, 7) is 1.74. The van der Waals surface area contributed by atoms with E-state index >= 15 is 0 Å². The molecule has 0 atom stereocenters. The molecule has 0 amide bonds.